The molecule has 2 heterocycles. The maximum atomic E-state index is 5.17. The summed E-state index contributed by atoms with van der Waals surface area (Å²) < 4.78 is 7.20. The molecule has 7 heteroatoms. The molecule has 2 aromatic heterocycles. The average Bonchev–Trinajstić information content (AvgIpc) is 3.07. The number of aromatic nitrogens is 2. The second kappa shape index (κ2) is 10.0. The third-order valence-electron chi connectivity index (χ3n) is 3.93. The van der Waals surface area contributed by atoms with Crippen molar-refractivity contribution in [1.82, 2.24) is 20.0 Å². The van der Waals surface area contributed by atoms with Gasteiger partial charge >= 0.3 is 0 Å². The Labute approximate surface area is 170 Å². The Morgan fingerprint density at radius 2 is 1.96 bits per heavy atom. The molecular formula is C19H24IN5O. The van der Waals surface area contributed by atoms with E-state index in [-0.39, 0.29) is 24.0 Å². The summed E-state index contributed by atoms with van der Waals surface area (Å²) in [4.78, 5) is 8.85. The summed E-state index contributed by atoms with van der Waals surface area (Å²) in [7, 11) is 3.44. The zero-order valence-corrected chi connectivity index (χ0v) is 17.3. The van der Waals surface area contributed by atoms with Crippen molar-refractivity contribution in [2.75, 3.05) is 20.7 Å². The number of ether oxygens (including phenoxy) is 1. The van der Waals surface area contributed by atoms with E-state index >= 15 is 0 Å². The molecule has 0 unspecified atom stereocenters. The Kier molecular flexibility index (Phi) is 7.71. The van der Waals surface area contributed by atoms with Crippen LogP contribution in [-0.4, -0.2) is 36.0 Å². The Balaban J connectivity index is 0.00000243. The molecule has 0 saturated carbocycles. The van der Waals surface area contributed by atoms with Gasteiger partial charge in [0, 0.05) is 39.0 Å². The summed E-state index contributed by atoms with van der Waals surface area (Å²) in [6.45, 7) is 1.48. The van der Waals surface area contributed by atoms with Crippen LogP contribution in [0.4, 0.5) is 0 Å². The van der Waals surface area contributed by atoms with Crippen LogP contribution in [-0.2, 0) is 13.0 Å². The maximum Gasteiger partial charge on any atom is 0.191 e. The summed E-state index contributed by atoms with van der Waals surface area (Å²) in [6, 6.07) is 14.0. The first kappa shape index (κ1) is 20.0. The third kappa shape index (κ3) is 5.35. The van der Waals surface area contributed by atoms with Gasteiger partial charge in [-0.05, 0) is 29.8 Å². The van der Waals surface area contributed by atoms with E-state index in [9.17, 15) is 0 Å². The molecule has 0 atom stereocenters. The molecule has 6 nitrogen and oxygen atoms in total. The van der Waals surface area contributed by atoms with Gasteiger partial charge in [-0.3, -0.25) is 4.99 Å². The van der Waals surface area contributed by atoms with Crippen LogP contribution in [0.15, 0.2) is 59.9 Å². The Bertz CT molecular complexity index is 812. The monoisotopic (exact) mass is 465 g/mol. The lowest BCUT2D eigenvalue weighted by atomic mass is 10.2. The lowest BCUT2D eigenvalue weighted by Gasteiger charge is -2.11. The van der Waals surface area contributed by atoms with Crippen LogP contribution >= 0.6 is 24.0 Å². The molecule has 0 amide bonds. The number of benzene rings is 1. The molecule has 138 valence electrons. The summed E-state index contributed by atoms with van der Waals surface area (Å²) in [5, 5.41) is 6.63. The summed E-state index contributed by atoms with van der Waals surface area (Å²) >= 11 is 0. The number of hydrogen-bond donors (Lipinski definition) is 2. The summed E-state index contributed by atoms with van der Waals surface area (Å²) in [5.41, 5.74) is 3.20. The van der Waals surface area contributed by atoms with Crippen LogP contribution in [0.5, 0.6) is 5.75 Å². The quantitative estimate of drug-likeness (QED) is 0.334. The minimum Gasteiger partial charge on any atom is -0.497 e. The van der Waals surface area contributed by atoms with Gasteiger partial charge in [0.2, 0.25) is 0 Å². The second-order valence-corrected chi connectivity index (χ2v) is 5.65. The number of rotatable bonds is 6. The zero-order chi connectivity index (χ0) is 17.5. The van der Waals surface area contributed by atoms with E-state index in [1.54, 1.807) is 14.2 Å². The molecule has 0 fully saturated rings. The van der Waals surface area contributed by atoms with Gasteiger partial charge in [-0.1, -0.05) is 18.2 Å². The van der Waals surface area contributed by atoms with Crippen LogP contribution in [0.3, 0.4) is 0 Å². The van der Waals surface area contributed by atoms with Crippen LogP contribution in [0, 0.1) is 0 Å². The number of nitrogens with one attached hydrogen (secondary N) is 2. The molecule has 0 spiro atoms. The largest absolute Gasteiger partial charge is 0.497 e. The minimum absolute atomic E-state index is 0. The summed E-state index contributed by atoms with van der Waals surface area (Å²) in [5.74, 6) is 1.64. The van der Waals surface area contributed by atoms with Gasteiger partial charge in [0.05, 0.1) is 12.8 Å². The van der Waals surface area contributed by atoms with E-state index in [1.807, 2.05) is 53.1 Å². The van der Waals surface area contributed by atoms with E-state index in [0.29, 0.717) is 6.54 Å². The SMILES string of the molecule is CN=C(NCCc1cn2ccccc2n1)NCc1ccc(OC)cc1.I. The Morgan fingerprint density at radius 1 is 1.15 bits per heavy atom. The van der Waals surface area contributed by atoms with Gasteiger partial charge in [0.1, 0.15) is 11.4 Å². The predicted molar refractivity (Wildman–Crippen MR) is 116 cm³/mol. The average molecular weight is 465 g/mol. The van der Waals surface area contributed by atoms with Crippen molar-refractivity contribution >= 4 is 35.6 Å². The van der Waals surface area contributed by atoms with Crippen molar-refractivity contribution in [3.63, 3.8) is 0 Å². The van der Waals surface area contributed by atoms with E-state index < -0.39 is 0 Å². The van der Waals surface area contributed by atoms with Crippen LogP contribution in [0.2, 0.25) is 0 Å². The molecule has 26 heavy (non-hydrogen) atoms. The number of halogens is 1. The predicted octanol–water partition coefficient (Wildman–Crippen LogP) is 2.87. The standard InChI is InChI=1S/C19H23N5O.HI/c1-20-19(22-13-15-6-8-17(25-2)9-7-15)21-11-10-16-14-24-12-4-3-5-18(24)23-16;/h3-9,12,14H,10-11,13H2,1-2H3,(H2,20,21,22);1H. The summed E-state index contributed by atoms with van der Waals surface area (Å²) in [6.07, 6.45) is 4.91. The fraction of sp³-hybridized carbons (Fsp3) is 0.263. The van der Waals surface area contributed by atoms with Gasteiger partial charge in [0.25, 0.3) is 0 Å². The number of pyridine rings is 1. The molecule has 0 radical (unpaired) electrons. The molecule has 0 aliphatic heterocycles. The van der Waals surface area contributed by atoms with Crippen molar-refractivity contribution in [2.24, 2.45) is 4.99 Å². The highest BCUT2D eigenvalue weighted by Crippen LogP contribution is 2.10. The van der Waals surface area contributed by atoms with Crippen molar-refractivity contribution in [2.45, 2.75) is 13.0 Å². The maximum absolute atomic E-state index is 5.17. The Morgan fingerprint density at radius 3 is 2.65 bits per heavy atom. The van der Waals surface area contributed by atoms with E-state index in [1.165, 1.54) is 5.56 Å². The highest BCUT2D eigenvalue weighted by molar-refractivity contribution is 14.0. The van der Waals surface area contributed by atoms with Gasteiger partial charge in [0.15, 0.2) is 5.96 Å². The number of guanidine groups is 1. The lowest BCUT2D eigenvalue weighted by molar-refractivity contribution is 0.414. The van der Waals surface area contributed by atoms with Gasteiger partial charge in [-0.15, -0.1) is 24.0 Å². The fourth-order valence-electron chi connectivity index (χ4n) is 2.57. The van der Waals surface area contributed by atoms with Gasteiger partial charge in [-0.2, -0.15) is 0 Å². The lowest BCUT2D eigenvalue weighted by Crippen LogP contribution is -2.37. The number of fused-ring (bicyclic) bond motifs is 1. The first-order valence-electron chi connectivity index (χ1n) is 8.28. The molecule has 2 N–H and O–H groups in total. The molecule has 0 aliphatic rings. The number of methoxy groups -OCH3 is 1. The van der Waals surface area contributed by atoms with Gasteiger partial charge < -0.3 is 19.8 Å². The topological polar surface area (TPSA) is 63.0 Å². The van der Waals surface area contributed by atoms with E-state index in [2.05, 4.69) is 26.8 Å². The normalized spacial score (nSPS) is 11.1. The highest BCUT2D eigenvalue weighted by atomic mass is 127. The molecule has 0 saturated heterocycles. The molecule has 1 aromatic carbocycles. The fourth-order valence-corrected chi connectivity index (χ4v) is 2.57. The molecule has 3 rings (SSSR count). The van der Waals surface area contributed by atoms with Gasteiger partial charge in [-0.25, -0.2) is 4.98 Å². The molecule has 3 aromatic rings. The van der Waals surface area contributed by atoms with E-state index in [4.69, 9.17) is 4.74 Å². The minimum atomic E-state index is 0. The second-order valence-electron chi connectivity index (χ2n) is 5.65. The molecular weight excluding hydrogens is 441 g/mol. The van der Waals surface area contributed by atoms with Crippen LogP contribution < -0.4 is 15.4 Å². The third-order valence-corrected chi connectivity index (χ3v) is 3.93. The van der Waals surface area contributed by atoms with Crippen molar-refractivity contribution in [1.29, 1.82) is 0 Å². The number of imidazole rings is 1. The number of hydrogen-bond acceptors (Lipinski definition) is 3. The Hall–Kier alpha value is -2.29. The highest BCUT2D eigenvalue weighted by Gasteiger charge is 2.02. The number of aliphatic imine (C=N–C) groups is 1. The van der Waals surface area contributed by atoms with Crippen LogP contribution in [0.1, 0.15) is 11.3 Å². The van der Waals surface area contributed by atoms with E-state index in [0.717, 1.165) is 36.0 Å². The van der Waals surface area contributed by atoms with Crippen molar-refractivity contribution < 1.29 is 4.74 Å². The van der Waals surface area contributed by atoms with Crippen molar-refractivity contribution in [3.05, 3.63) is 66.1 Å². The first-order chi connectivity index (χ1) is 12.3. The molecule has 0 bridgehead atoms. The number of nitrogens with zero attached hydrogens (tertiary/aromatic N) is 3. The zero-order valence-electron chi connectivity index (χ0n) is 15.0. The molecule has 0 aliphatic carbocycles. The first-order valence-corrected chi connectivity index (χ1v) is 8.28. The van der Waals surface area contributed by atoms with Crippen molar-refractivity contribution in [3.8, 4) is 5.75 Å². The van der Waals surface area contributed by atoms with Crippen LogP contribution in [0.25, 0.3) is 5.65 Å². The smallest absolute Gasteiger partial charge is 0.191 e.